The third-order valence-electron chi connectivity index (χ3n) is 3.28. The van der Waals surface area contributed by atoms with Gasteiger partial charge >= 0.3 is 0 Å². The van der Waals surface area contributed by atoms with Gasteiger partial charge in [-0.2, -0.15) is 10.2 Å². The van der Waals surface area contributed by atoms with E-state index < -0.39 is 0 Å². The van der Waals surface area contributed by atoms with Gasteiger partial charge in [-0.3, -0.25) is 0 Å². The van der Waals surface area contributed by atoms with Crippen molar-refractivity contribution in [2.75, 3.05) is 0 Å². The number of aromatic nitrogens is 6. The van der Waals surface area contributed by atoms with Crippen LogP contribution in [0.4, 0.5) is 0 Å². The topological polar surface area (TPSA) is 61.4 Å². The van der Waals surface area contributed by atoms with Gasteiger partial charge in [-0.15, -0.1) is 0 Å². The molecule has 7 heteroatoms. The Hall–Kier alpha value is -2.93. The van der Waals surface area contributed by atoms with Gasteiger partial charge in [0.15, 0.2) is 0 Å². The summed E-state index contributed by atoms with van der Waals surface area (Å²) in [5, 5.41) is 8.24. The molecular weight excluding hydrogens is 308 g/mol. The van der Waals surface area contributed by atoms with Crippen LogP contribution < -0.4 is 0 Å². The molecule has 0 bridgehead atoms. The summed E-state index contributed by atoms with van der Waals surface area (Å²) in [6, 6.07) is 16.4. The summed E-state index contributed by atoms with van der Waals surface area (Å²) >= 11 is 1.71. The Bertz CT molecular complexity index is 792. The van der Waals surface area contributed by atoms with Crippen molar-refractivity contribution >= 4 is 11.8 Å². The molecule has 0 unspecified atom stereocenters. The van der Waals surface area contributed by atoms with Crippen LogP contribution in [0.1, 0.15) is 0 Å². The fourth-order valence-electron chi connectivity index (χ4n) is 2.15. The highest BCUT2D eigenvalue weighted by atomic mass is 32.2. The molecule has 0 saturated heterocycles. The lowest BCUT2D eigenvalue weighted by Gasteiger charge is -2.05. The first-order valence-corrected chi connectivity index (χ1v) is 7.78. The fourth-order valence-corrected chi connectivity index (χ4v) is 2.97. The van der Waals surface area contributed by atoms with E-state index in [0.717, 1.165) is 11.4 Å². The van der Waals surface area contributed by atoms with Crippen molar-refractivity contribution in [1.29, 1.82) is 0 Å². The van der Waals surface area contributed by atoms with Crippen LogP contribution in [0.25, 0.3) is 11.4 Å². The van der Waals surface area contributed by atoms with Gasteiger partial charge in [0.2, 0.25) is 0 Å². The van der Waals surface area contributed by atoms with E-state index in [4.69, 9.17) is 0 Å². The van der Waals surface area contributed by atoms with Gasteiger partial charge in [0.25, 0.3) is 0 Å². The second-order valence-corrected chi connectivity index (χ2v) is 5.92. The number of nitrogens with zero attached hydrogens (tertiary/aromatic N) is 6. The van der Waals surface area contributed by atoms with Gasteiger partial charge in [-0.05, 0) is 48.5 Å². The summed E-state index contributed by atoms with van der Waals surface area (Å²) in [5.41, 5.74) is 1.99. The molecule has 4 rings (SSSR count). The molecule has 0 spiro atoms. The molecule has 0 aliphatic rings. The monoisotopic (exact) mass is 320 g/mol. The summed E-state index contributed by atoms with van der Waals surface area (Å²) in [5.74, 6) is 0. The minimum absolute atomic E-state index is 0.994. The summed E-state index contributed by atoms with van der Waals surface area (Å²) in [7, 11) is 0. The van der Waals surface area contributed by atoms with Crippen molar-refractivity contribution in [3.8, 4) is 11.4 Å². The van der Waals surface area contributed by atoms with E-state index in [1.807, 2.05) is 24.3 Å². The van der Waals surface area contributed by atoms with Crippen LogP contribution >= 0.6 is 11.8 Å². The molecule has 2 heterocycles. The van der Waals surface area contributed by atoms with Crippen LogP contribution in [0.5, 0.6) is 0 Å². The van der Waals surface area contributed by atoms with Crippen LogP contribution in [0, 0.1) is 0 Å². The van der Waals surface area contributed by atoms with Crippen molar-refractivity contribution in [3.63, 3.8) is 0 Å². The van der Waals surface area contributed by atoms with Crippen LogP contribution in [-0.4, -0.2) is 29.5 Å². The first-order chi connectivity index (χ1) is 11.4. The van der Waals surface area contributed by atoms with Crippen LogP contribution in [0.2, 0.25) is 0 Å². The van der Waals surface area contributed by atoms with Gasteiger partial charge in [-0.25, -0.2) is 19.3 Å². The van der Waals surface area contributed by atoms with E-state index in [0.29, 0.717) is 0 Å². The molecular formula is C16H12N6S. The Balaban J connectivity index is 1.49. The standard InChI is InChI=1S/C16H12N6S/c1-5-15(6-2-13(1)21-11-17-9-19-21)23-16-7-3-14(4-8-16)22-12-18-10-20-22/h1-12H. The van der Waals surface area contributed by atoms with E-state index in [9.17, 15) is 0 Å². The maximum atomic E-state index is 4.12. The molecule has 0 fully saturated rings. The average molecular weight is 320 g/mol. The van der Waals surface area contributed by atoms with E-state index in [-0.39, 0.29) is 0 Å². The zero-order valence-corrected chi connectivity index (χ0v) is 12.8. The van der Waals surface area contributed by atoms with Crippen molar-refractivity contribution in [3.05, 3.63) is 73.8 Å². The maximum absolute atomic E-state index is 4.12. The van der Waals surface area contributed by atoms with Gasteiger partial charge < -0.3 is 0 Å². The van der Waals surface area contributed by atoms with Crippen molar-refractivity contribution in [1.82, 2.24) is 29.5 Å². The molecule has 0 amide bonds. The highest BCUT2D eigenvalue weighted by Crippen LogP contribution is 2.28. The van der Waals surface area contributed by atoms with Crippen LogP contribution in [0.15, 0.2) is 83.6 Å². The second-order valence-electron chi connectivity index (χ2n) is 4.77. The SMILES string of the molecule is c1ncn(-c2ccc(Sc3ccc(-n4cncn4)cc3)cc2)n1. The van der Waals surface area contributed by atoms with Gasteiger partial charge in [0.1, 0.15) is 25.3 Å². The third kappa shape index (κ3) is 3.00. The van der Waals surface area contributed by atoms with Crippen LogP contribution in [0.3, 0.4) is 0 Å². The Morgan fingerprint density at radius 1 is 0.609 bits per heavy atom. The minimum atomic E-state index is 0.994. The molecule has 0 aliphatic heterocycles. The maximum Gasteiger partial charge on any atom is 0.138 e. The zero-order chi connectivity index (χ0) is 15.5. The molecule has 23 heavy (non-hydrogen) atoms. The molecule has 0 radical (unpaired) electrons. The molecule has 2 aromatic carbocycles. The number of hydrogen-bond donors (Lipinski definition) is 0. The zero-order valence-electron chi connectivity index (χ0n) is 12.0. The first-order valence-electron chi connectivity index (χ1n) is 6.96. The highest BCUT2D eigenvalue weighted by molar-refractivity contribution is 7.99. The molecule has 4 aromatic rings. The lowest BCUT2D eigenvalue weighted by molar-refractivity contribution is 0.877. The smallest absolute Gasteiger partial charge is 0.138 e. The molecule has 2 aromatic heterocycles. The second kappa shape index (κ2) is 6.05. The van der Waals surface area contributed by atoms with Gasteiger partial charge in [0, 0.05) is 9.79 Å². The largest absolute Gasteiger partial charge is 0.223 e. The normalized spacial score (nSPS) is 10.8. The lowest BCUT2D eigenvalue weighted by Crippen LogP contribution is -1.93. The number of rotatable bonds is 4. The third-order valence-corrected chi connectivity index (χ3v) is 4.29. The minimum Gasteiger partial charge on any atom is -0.223 e. The van der Waals surface area contributed by atoms with Crippen molar-refractivity contribution < 1.29 is 0 Å². The van der Waals surface area contributed by atoms with Crippen LogP contribution in [-0.2, 0) is 0 Å². The van der Waals surface area contributed by atoms with Crippen molar-refractivity contribution in [2.45, 2.75) is 9.79 Å². The molecule has 112 valence electrons. The predicted molar refractivity (Wildman–Crippen MR) is 86.8 cm³/mol. The lowest BCUT2D eigenvalue weighted by atomic mass is 10.3. The van der Waals surface area contributed by atoms with Crippen molar-refractivity contribution in [2.24, 2.45) is 0 Å². The Morgan fingerprint density at radius 3 is 1.39 bits per heavy atom. The molecule has 6 nitrogen and oxygen atoms in total. The molecule has 0 aliphatic carbocycles. The van der Waals surface area contributed by atoms with E-state index in [1.54, 1.807) is 33.8 Å². The number of benzene rings is 2. The predicted octanol–water partition coefficient (Wildman–Crippen LogP) is 3.00. The average Bonchev–Trinajstić information content (AvgIpc) is 3.30. The molecule has 0 atom stereocenters. The Morgan fingerprint density at radius 2 is 1.04 bits per heavy atom. The summed E-state index contributed by atoms with van der Waals surface area (Å²) in [6.45, 7) is 0. The Labute approximate surface area is 136 Å². The van der Waals surface area contributed by atoms with Gasteiger partial charge in [-0.1, -0.05) is 11.8 Å². The van der Waals surface area contributed by atoms with E-state index in [1.165, 1.54) is 22.4 Å². The summed E-state index contributed by atoms with van der Waals surface area (Å²) < 4.78 is 3.47. The van der Waals surface area contributed by atoms with E-state index in [2.05, 4.69) is 44.4 Å². The molecule has 0 saturated carbocycles. The Kier molecular flexibility index (Phi) is 3.61. The van der Waals surface area contributed by atoms with E-state index >= 15 is 0 Å². The highest BCUT2D eigenvalue weighted by Gasteiger charge is 2.01. The molecule has 0 N–H and O–H groups in total. The summed E-state index contributed by atoms with van der Waals surface area (Å²) in [4.78, 5) is 10.2. The number of hydrogen-bond acceptors (Lipinski definition) is 5. The van der Waals surface area contributed by atoms with Gasteiger partial charge in [0.05, 0.1) is 11.4 Å². The first kappa shape index (κ1) is 13.7. The fraction of sp³-hybridized carbons (Fsp3) is 0. The quantitative estimate of drug-likeness (QED) is 0.578. The summed E-state index contributed by atoms with van der Waals surface area (Å²) in [6.07, 6.45) is 6.43.